The number of hydrogen-bond donors (Lipinski definition) is 7. The van der Waals surface area contributed by atoms with E-state index < -0.39 is 73.6 Å². The first-order valence-corrected chi connectivity index (χ1v) is 6.86. The Labute approximate surface area is 141 Å². The van der Waals surface area contributed by atoms with Crippen LogP contribution in [0.4, 0.5) is 0 Å². The monoisotopic (exact) mass is 361 g/mol. The molecule has 0 fully saturated rings. The van der Waals surface area contributed by atoms with Crippen LogP contribution in [-0.4, -0.2) is 71.0 Å². The first kappa shape index (κ1) is 21.8. The maximum atomic E-state index is 12.1. The van der Waals surface area contributed by atoms with Crippen LogP contribution < -0.4 is 27.4 Å². The summed E-state index contributed by atoms with van der Waals surface area (Å²) in [6.07, 6.45) is -1.47. The second-order valence-corrected chi connectivity index (χ2v) is 4.77. The molecule has 0 aliphatic carbocycles. The van der Waals surface area contributed by atoms with Gasteiger partial charge in [0, 0.05) is 0 Å². The van der Waals surface area contributed by atoms with E-state index in [4.69, 9.17) is 21.7 Å². The van der Waals surface area contributed by atoms with Gasteiger partial charge in [0.1, 0.15) is 18.6 Å². The Hall–Kier alpha value is -3.22. The van der Waals surface area contributed by atoms with Crippen molar-refractivity contribution < 1.29 is 39.0 Å². The van der Waals surface area contributed by atoms with E-state index in [1.54, 1.807) is 0 Å². The average Bonchev–Trinajstić information content (AvgIpc) is 2.49. The second kappa shape index (κ2) is 10.5. The van der Waals surface area contributed by atoms with E-state index in [9.17, 15) is 28.8 Å². The standard InChI is InChI=1S/C12H19N5O8/c13-3-8(19)16-5(1-7(14)18)12(25)17-6(2-9(20)21)11(24)15-4-10(22)23/h5-6H,1-4,13H2,(H2,14,18)(H,15,24)(H,16,19)(H,17,25)(H,20,21)(H,22,23). The van der Waals surface area contributed by atoms with Gasteiger partial charge < -0.3 is 37.6 Å². The van der Waals surface area contributed by atoms with E-state index >= 15 is 0 Å². The molecule has 140 valence electrons. The van der Waals surface area contributed by atoms with Gasteiger partial charge >= 0.3 is 11.9 Å². The molecule has 0 aromatic heterocycles. The summed E-state index contributed by atoms with van der Waals surface area (Å²) in [6.45, 7) is -1.28. The van der Waals surface area contributed by atoms with Crippen molar-refractivity contribution >= 4 is 35.6 Å². The van der Waals surface area contributed by atoms with Crippen LogP contribution in [0.1, 0.15) is 12.8 Å². The van der Waals surface area contributed by atoms with Crippen LogP contribution in [0.25, 0.3) is 0 Å². The first-order chi connectivity index (χ1) is 11.6. The van der Waals surface area contributed by atoms with Crippen LogP contribution in [0.5, 0.6) is 0 Å². The van der Waals surface area contributed by atoms with Gasteiger partial charge in [0.2, 0.25) is 23.6 Å². The van der Waals surface area contributed by atoms with Crippen molar-refractivity contribution in [2.45, 2.75) is 24.9 Å². The van der Waals surface area contributed by atoms with Gasteiger partial charge in [-0.15, -0.1) is 0 Å². The van der Waals surface area contributed by atoms with E-state index in [1.165, 1.54) is 0 Å². The van der Waals surface area contributed by atoms with Gasteiger partial charge in [-0.1, -0.05) is 0 Å². The molecule has 13 heteroatoms. The van der Waals surface area contributed by atoms with Crippen molar-refractivity contribution in [3.8, 4) is 0 Å². The largest absolute Gasteiger partial charge is 0.481 e. The number of carbonyl (C=O) groups excluding carboxylic acids is 4. The number of carbonyl (C=O) groups is 6. The molecule has 13 nitrogen and oxygen atoms in total. The van der Waals surface area contributed by atoms with Crippen LogP contribution in [0.3, 0.4) is 0 Å². The molecule has 0 spiro atoms. The molecule has 0 aromatic rings. The van der Waals surface area contributed by atoms with Crippen molar-refractivity contribution in [3.63, 3.8) is 0 Å². The Kier molecular flexibility index (Phi) is 9.18. The Morgan fingerprint density at radius 3 is 1.84 bits per heavy atom. The highest BCUT2D eigenvalue weighted by Crippen LogP contribution is 1.98. The van der Waals surface area contributed by atoms with Crippen molar-refractivity contribution in [1.29, 1.82) is 0 Å². The molecule has 0 bridgehead atoms. The van der Waals surface area contributed by atoms with Gasteiger partial charge in [-0.25, -0.2) is 0 Å². The Bertz CT molecular complexity index is 564. The van der Waals surface area contributed by atoms with Crippen molar-refractivity contribution in [3.05, 3.63) is 0 Å². The molecule has 0 aliphatic rings. The molecule has 2 unspecified atom stereocenters. The fraction of sp³-hybridized carbons (Fsp3) is 0.500. The van der Waals surface area contributed by atoms with Gasteiger partial charge in [0.25, 0.3) is 0 Å². The normalized spacial score (nSPS) is 12.4. The highest BCUT2D eigenvalue weighted by Gasteiger charge is 2.29. The third-order valence-electron chi connectivity index (χ3n) is 2.67. The second-order valence-electron chi connectivity index (χ2n) is 4.77. The number of carboxylic acid groups (broad SMARTS) is 2. The average molecular weight is 361 g/mol. The van der Waals surface area contributed by atoms with E-state index in [2.05, 4.69) is 5.32 Å². The summed E-state index contributed by atoms with van der Waals surface area (Å²) in [6, 6.07) is -3.10. The Morgan fingerprint density at radius 2 is 1.40 bits per heavy atom. The maximum Gasteiger partial charge on any atom is 0.322 e. The van der Waals surface area contributed by atoms with E-state index in [-0.39, 0.29) is 0 Å². The molecule has 0 saturated carbocycles. The Morgan fingerprint density at radius 1 is 0.840 bits per heavy atom. The van der Waals surface area contributed by atoms with Crippen molar-refractivity contribution in [1.82, 2.24) is 16.0 Å². The van der Waals surface area contributed by atoms with Crippen LogP contribution in [0.15, 0.2) is 0 Å². The van der Waals surface area contributed by atoms with Gasteiger partial charge in [-0.3, -0.25) is 28.8 Å². The number of nitrogens with one attached hydrogen (secondary N) is 3. The first-order valence-electron chi connectivity index (χ1n) is 6.86. The van der Waals surface area contributed by atoms with Gasteiger partial charge in [0.15, 0.2) is 0 Å². The molecule has 0 aromatic carbocycles. The molecule has 0 heterocycles. The zero-order valence-corrected chi connectivity index (χ0v) is 13.0. The van der Waals surface area contributed by atoms with E-state index in [0.717, 1.165) is 0 Å². The number of rotatable bonds is 11. The summed E-state index contributed by atoms with van der Waals surface area (Å²) in [5, 5.41) is 23.3. The minimum Gasteiger partial charge on any atom is -0.481 e. The van der Waals surface area contributed by atoms with Crippen molar-refractivity contribution in [2.75, 3.05) is 13.1 Å². The summed E-state index contributed by atoms with van der Waals surface area (Å²) < 4.78 is 0. The third-order valence-corrected chi connectivity index (χ3v) is 2.67. The Balaban J connectivity index is 5.12. The van der Waals surface area contributed by atoms with Crippen LogP contribution in [0.2, 0.25) is 0 Å². The summed E-state index contributed by atoms with van der Waals surface area (Å²) >= 11 is 0. The highest BCUT2D eigenvalue weighted by molar-refractivity contribution is 5.96. The molecule has 25 heavy (non-hydrogen) atoms. The molecule has 0 saturated heterocycles. The summed E-state index contributed by atoms with van der Waals surface area (Å²) in [5.41, 5.74) is 10.0. The van der Waals surface area contributed by atoms with Crippen LogP contribution in [0, 0.1) is 0 Å². The van der Waals surface area contributed by atoms with Crippen LogP contribution in [-0.2, 0) is 28.8 Å². The molecule has 0 radical (unpaired) electrons. The number of amides is 4. The van der Waals surface area contributed by atoms with Gasteiger partial charge in [0.05, 0.1) is 19.4 Å². The number of aliphatic carboxylic acids is 2. The topological polar surface area (TPSA) is 231 Å². The van der Waals surface area contributed by atoms with Gasteiger partial charge in [-0.2, -0.15) is 0 Å². The molecular weight excluding hydrogens is 342 g/mol. The number of carboxylic acids is 2. The minimum absolute atomic E-state index is 0.486. The fourth-order valence-corrected chi connectivity index (χ4v) is 1.61. The fourth-order valence-electron chi connectivity index (χ4n) is 1.61. The molecule has 4 amide bonds. The third kappa shape index (κ3) is 9.50. The number of primary amides is 1. The van der Waals surface area contributed by atoms with E-state index in [0.29, 0.717) is 0 Å². The summed E-state index contributed by atoms with van der Waals surface area (Å²) in [4.78, 5) is 67.4. The predicted octanol–water partition coefficient (Wildman–Crippen LogP) is -4.53. The minimum atomic E-state index is -1.63. The smallest absolute Gasteiger partial charge is 0.322 e. The van der Waals surface area contributed by atoms with Crippen molar-refractivity contribution in [2.24, 2.45) is 11.5 Å². The molecule has 9 N–H and O–H groups in total. The molecule has 2 atom stereocenters. The summed E-state index contributed by atoms with van der Waals surface area (Å²) in [5.74, 6) is -6.68. The summed E-state index contributed by atoms with van der Waals surface area (Å²) in [7, 11) is 0. The molecule has 0 aliphatic heterocycles. The van der Waals surface area contributed by atoms with E-state index in [1.807, 2.05) is 10.6 Å². The lowest BCUT2D eigenvalue weighted by Gasteiger charge is -2.21. The number of hydrogen-bond acceptors (Lipinski definition) is 7. The predicted molar refractivity (Wildman–Crippen MR) is 79.6 cm³/mol. The SMILES string of the molecule is NCC(=O)NC(CC(N)=O)C(=O)NC(CC(=O)O)C(=O)NCC(=O)O. The molecule has 0 rings (SSSR count). The van der Waals surface area contributed by atoms with Crippen LogP contribution >= 0.6 is 0 Å². The van der Waals surface area contributed by atoms with Gasteiger partial charge in [-0.05, 0) is 0 Å². The lowest BCUT2D eigenvalue weighted by Crippen LogP contribution is -2.56. The highest BCUT2D eigenvalue weighted by atomic mass is 16.4. The molecular formula is C12H19N5O8. The lowest BCUT2D eigenvalue weighted by molar-refractivity contribution is -0.142. The lowest BCUT2D eigenvalue weighted by atomic mass is 10.1. The zero-order chi connectivity index (χ0) is 19.6. The number of nitrogens with two attached hydrogens (primary N) is 2. The maximum absolute atomic E-state index is 12.1. The quantitative estimate of drug-likeness (QED) is 0.187. The zero-order valence-electron chi connectivity index (χ0n) is 13.0.